The zero-order valence-electron chi connectivity index (χ0n) is 15.8. The second-order valence-electron chi connectivity index (χ2n) is 6.72. The molecule has 0 spiro atoms. The normalized spacial score (nSPS) is 11.1. The number of nitrogens with zero attached hydrogens (tertiary/aromatic N) is 5. The number of hydrogen-bond donors (Lipinski definition) is 2. The van der Waals surface area contributed by atoms with Crippen LogP contribution in [-0.2, 0) is 6.42 Å². The molecule has 2 aromatic heterocycles. The van der Waals surface area contributed by atoms with Crippen molar-refractivity contribution in [3.63, 3.8) is 0 Å². The molecule has 4 aromatic rings. The van der Waals surface area contributed by atoms with Gasteiger partial charge in [0.25, 0.3) is 5.91 Å². The molecule has 2 N–H and O–H groups in total. The fraction of sp³-hybridized carbons (Fsp3) is 0.250. The number of fused-ring (bicyclic) bond motifs is 1. The number of rotatable bonds is 6. The molecular weight excluding hydrogens is 354 g/mol. The second kappa shape index (κ2) is 7.59. The molecule has 0 aliphatic carbocycles. The van der Waals surface area contributed by atoms with Crippen LogP contribution in [-0.4, -0.2) is 42.6 Å². The first-order valence-corrected chi connectivity index (χ1v) is 9.19. The van der Waals surface area contributed by atoms with Gasteiger partial charge in [-0.25, -0.2) is 4.98 Å². The minimum absolute atomic E-state index is 0.141. The Morgan fingerprint density at radius 3 is 2.82 bits per heavy atom. The minimum Gasteiger partial charge on any atom is -0.352 e. The zero-order valence-corrected chi connectivity index (χ0v) is 15.8. The van der Waals surface area contributed by atoms with E-state index in [-0.39, 0.29) is 5.91 Å². The lowest BCUT2D eigenvalue weighted by Gasteiger charge is -2.13. The number of amides is 1. The van der Waals surface area contributed by atoms with Gasteiger partial charge in [-0.2, -0.15) is 4.68 Å². The molecule has 0 radical (unpaired) electrons. The maximum Gasteiger partial charge on any atom is 0.253 e. The number of hydrogen-bond acceptors (Lipinski definition) is 5. The maximum atomic E-state index is 12.8. The summed E-state index contributed by atoms with van der Waals surface area (Å²) in [5, 5.41) is 14.3. The number of benzene rings is 2. The highest BCUT2D eigenvalue weighted by Crippen LogP contribution is 2.21. The molecule has 4 rings (SSSR count). The van der Waals surface area contributed by atoms with Crippen molar-refractivity contribution in [2.45, 2.75) is 26.7 Å². The average molecular weight is 375 g/mol. The first-order chi connectivity index (χ1) is 13.6. The highest BCUT2D eigenvalue weighted by molar-refractivity contribution is 5.98. The van der Waals surface area contributed by atoms with Crippen molar-refractivity contribution < 1.29 is 4.79 Å². The van der Waals surface area contributed by atoms with Gasteiger partial charge in [-0.3, -0.25) is 4.79 Å². The van der Waals surface area contributed by atoms with E-state index < -0.39 is 0 Å². The Morgan fingerprint density at radius 1 is 1.18 bits per heavy atom. The Hall–Kier alpha value is -3.55. The predicted molar refractivity (Wildman–Crippen MR) is 105 cm³/mol. The van der Waals surface area contributed by atoms with Crippen molar-refractivity contribution in [2.75, 3.05) is 6.54 Å². The fourth-order valence-corrected chi connectivity index (χ4v) is 3.22. The Bertz CT molecular complexity index is 1080. The molecule has 2 heterocycles. The Labute approximate surface area is 162 Å². The van der Waals surface area contributed by atoms with Crippen molar-refractivity contribution in [3.8, 4) is 5.69 Å². The van der Waals surface area contributed by atoms with Crippen molar-refractivity contribution in [2.24, 2.45) is 0 Å². The summed E-state index contributed by atoms with van der Waals surface area (Å²) in [4.78, 5) is 20.6. The summed E-state index contributed by atoms with van der Waals surface area (Å²) < 4.78 is 1.53. The number of carbonyl (C=O) groups is 1. The molecule has 1 amide bonds. The van der Waals surface area contributed by atoms with Crippen molar-refractivity contribution in [3.05, 3.63) is 65.2 Å². The van der Waals surface area contributed by atoms with E-state index in [2.05, 4.69) is 30.8 Å². The number of nitrogens with one attached hydrogen (secondary N) is 2. The molecule has 0 atom stereocenters. The number of tetrazole rings is 1. The minimum atomic E-state index is -0.141. The third kappa shape index (κ3) is 3.48. The SMILES string of the molecule is Cc1ccc(C(=O)NCCCc2nc3ccccc3[nH]2)c(-n2cnnn2)c1C. The molecule has 0 bridgehead atoms. The number of aromatic amines is 1. The molecule has 8 nitrogen and oxygen atoms in total. The van der Waals surface area contributed by atoms with Gasteiger partial charge in [0, 0.05) is 13.0 Å². The smallest absolute Gasteiger partial charge is 0.253 e. The molecular formula is C20H21N7O. The van der Waals surface area contributed by atoms with Crippen molar-refractivity contribution in [1.29, 1.82) is 0 Å². The molecule has 0 aliphatic rings. The van der Waals surface area contributed by atoms with Crippen molar-refractivity contribution in [1.82, 2.24) is 35.5 Å². The zero-order chi connectivity index (χ0) is 19.5. The van der Waals surface area contributed by atoms with Gasteiger partial charge in [0.2, 0.25) is 0 Å². The van der Waals surface area contributed by atoms with Gasteiger partial charge < -0.3 is 10.3 Å². The van der Waals surface area contributed by atoms with Gasteiger partial charge in [0.1, 0.15) is 12.2 Å². The molecule has 0 unspecified atom stereocenters. The van der Waals surface area contributed by atoms with Crippen LogP contribution >= 0.6 is 0 Å². The van der Waals surface area contributed by atoms with Gasteiger partial charge >= 0.3 is 0 Å². The van der Waals surface area contributed by atoms with Gasteiger partial charge in [-0.1, -0.05) is 18.2 Å². The van der Waals surface area contributed by atoms with Crippen LogP contribution in [0.25, 0.3) is 16.7 Å². The Morgan fingerprint density at radius 2 is 2.04 bits per heavy atom. The van der Waals surface area contributed by atoms with Gasteiger partial charge in [0.15, 0.2) is 0 Å². The second-order valence-corrected chi connectivity index (χ2v) is 6.72. The Balaban J connectivity index is 1.42. The van der Waals surface area contributed by atoms with Crippen LogP contribution in [0.2, 0.25) is 0 Å². The van der Waals surface area contributed by atoms with E-state index in [9.17, 15) is 4.79 Å². The quantitative estimate of drug-likeness (QED) is 0.504. The summed E-state index contributed by atoms with van der Waals surface area (Å²) in [5.74, 6) is 0.786. The molecule has 28 heavy (non-hydrogen) atoms. The average Bonchev–Trinajstić information content (AvgIpc) is 3.36. The van der Waals surface area contributed by atoms with E-state index in [0.717, 1.165) is 40.8 Å². The highest BCUT2D eigenvalue weighted by Gasteiger charge is 2.17. The lowest BCUT2D eigenvalue weighted by molar-refractivity contribution is 0.0953. The number of aromatic nitrogens is 6. The van der Waals surface area contributed by atoms with Crippen LogP contribution in [0, 0.1) is 13.8 Å². The number of para-hydroxylation sites is 2. The number of imidazole rings is 1. The molecule has 0 fully saturated rings. The van der Waals surface area contributed by atoms with Crippen LogP contribution in [0.15, 0.2) is 42.7 Å². The molecule has 2 aromatic carbocycles. The molecule has 0 saturated heterocycles. The van der Waals surface area contributed by atoms with Crippen molar-refractivity contribution >= 4 is 16.9 Å². The number of H-pyrrole nitrogens is 1. The van der Waals surface area contributed by atoms with E-state index >= 15 is 0 Å². The summed E-state index contributed by atoms with van der Waals surface area (Å²) in [6.45, 7) is 4.51. The van der Waals surface area contributed by atoms with Crippen LogP contribution in [0.3, 0.4) is 0 Å². The summed E-state index contributed by atoms with van der Waals surface area (Å²) in [7, 11) is 0. The number of aryl methyl sites for hydroxylation is 2. The highest BCUT2D eigenvalue weighted by atomic mass is 16.1. The molecule has 0 saturated carbocycles. The van der Waals surface area contributed by atoms with Gasteiger partial charge in [0.05, 0.1) is 22.3 Å². The fourth-order valence-electron chi connectivity index (χ4n) is 3.22. The summed E-state index contributed by atoms with van der Waals surface area (Å²) in [6, 6.07) is 11.7. The van der Waals surface area contributed by atoms with Gasteiger partial charge in [-0.05, 0) is 60.0 Å². The van der Waals surface area contributed by atoms with E-state index in [4.69, 9.17) is 0 Å². The standard InChI is InChI=1S/C20H21N7O/c1-13-9-10-15(19(14(13)2)27-12-22-25-26-27)20(28)21-11-5-8-18-23-16-6-3-4-7-17(16)24-18/h3-4,6-7,9-10,12H,5,8,11H2,1-2H3,(H,21,28)(H,23,24). The molecule has 142 valence electrons. The topological polar surface area (TPSA) is 101 Å². The van der Waals surface area contributed by atoms with Crippen LogP contribution in [0.5, 0.6) is 0 Å². The summed E-state index contributed by atoms with van der Waals surface area (Å²) in [5.41, 5.74) is 5.30. The van der Waals surface area contributed by atoms with E-state index in [1.54, 1.807) is 0 Å². The third-order valence-electron chi connectivity index (χ3n) is 4.84. The number of carbonyl (C=O) groups excluding carboxylic acids is 1. The van der Waals surface area contributed by atoms with E-state index in [0.29, 0.717) is 17.8 Å². The largest absolute Gasteiger partial charge is 0.352 e. The van der Waals surface area contributed by atoms with Crippen LogP contribution < -0.4 is 5.32 Å². The Kier molecular flexibility index (Phi) is 4.84. The lowest BCUT2D eigenvalue weighted by atomic mass is 10.0. The summed E-state index contributed by atoms with van der Waals surface area (Å²) >= 11 is 0. The third-order valence-corrected chi connectivity index (χ3v) is 4.84. The first kappa shape index (κ1) is 17.8. The maximum absolute atomic E-state index is 12.8. The molecule has 0 aliphatic heterocycles. The van der Waals surface area contributed by atoms with Crippen LogP contribution in [0.1, 0.15) is 33.7 Å². The predicted octanol–water partition coefficient (Wildman–Crippen LogP) is 2.52. The summed E-state index contributed by atoms with van der Waals surface area (Å²) in [6.07, 6.45) is 3.05. The van der Waals surface area contributed by atoms with E-state index in [1.807, 2.05) is 50.2 Å². The lowest BCUT2D eigenvalue weighted by Crippen LogP contribution is -2.26. The monoisotopic (exact) mass is 375 g/mol. The van der Waals surface area contributed by atoms with E-state index in [1.165, 1.54) is 11.0 Å². The van der Waals surface area contributed by atoms with Gasteiger partial charge in [-0.15, -0.1) is 5.10 Å². The first-order valence-electron chi connectivity index (χ1n) is 9.19. The van der Waals surface area contributed by atoms with Crippen LogP contribution in [0.4, 0.5) is 0 Å². The molecule has 8 heteroatoms.